The molecule has 28 heavy (non-hydrogen) atoms. The number of H-pyrrole nitrogens is 1. The smallest absolute Gasteiger partial charge is 0.257 e. The van der Waals surface area contributed by atoms with Gasteiger partial charge in [0.25, 0.3) is 5.91 Å². The van der Waals surface area contributed by atoms with E-state index < -0.39 is 5.41 Å². The van der Waals surface area contributed by atoms with E-state index in [1.165, 1.54) is 18.3 Å². The summed E-state index contributed by atoms with van der Waals surface area (Å²) in [7, 11) is 0. The maximum atomic E-state index is 13.6. The fraction of sp³-hybridized carbons (Fsp3) is 0.476. The van der Waals surface area contributed by atoms with Crippen molar-refractivity contribution in [1.82, 2.24) is 20.0 Å². The predicted octanol–water partition coefficient (Wildman–Crippen LogP) is 3.08. The Morgan fingerprint density at radius 1 is 1.29 bits per heavy atom. The highest BCUT2D eigenvalue weighted by Crippen LogP contribution is 2.41. The van der Waals surface area contributed by atoms with Gasteiger partial charge in [0.2, 0.25) is 5.91 Å². The Morgan fingerprint density at radius 2 is 2.11 bits per heavy atom. The standard InChI is InChI=1S/C21H25FN4O2/c1-14(2)26-9-4-7-21(20(26)28)8-10-25(13-21)19(27)17-12-23-24-18(17)15-5-3-6-16(22)11-15/h3,5-6,11-12,14H,4,7-10,13H2,1-2H3,(H,23,24). The highest BCUT2D eigenvalue weighted by atomic mass is 19.1. The van der Waals surface area contributed by atoms with E-state index in [4.69, 9.17) is 0 Å². The number of nitrogens with zero attached hydrogens (tertiary/aromatic N) is 3. The van der Waals surface area contributed by atoms with Crippen molar-refractivity contribution >= 4 is 11.8 Å². The largest absolute Gasteiger partial charge is 0.340 e. The molecule has 2 amide bonds. The summed E-state index contributed by atoms with van der Waals surface area (Å²) in [6, 6.07) is 6.25. The third-order valence-electron chi connectivity index (χ3n) is 6.02. The van der Waals surface area contributed by atoms with E-state index in [9.17, 15) is 14.0 Å². The van der Waals surface area contributed by atoms with Crippen LogP contribution in [0, 0.1) is 11.2 Å². The van der Waals surface area contributed by atoms with Gasteiger partial charge < -0.3 is 9.80 Å². The Hall–Kier alpha value is -2.70. The molecule has 3 heterocycles. The van der Waals surface area contributed by atoms with Crippen LogP contribution in [0.3, 0.4) is 0 Å². The number of amides is 2. The average Bonchev–Trinajstić information content (AvgIpc) is 3.31. The highest BCUT2D eigenvalue weighted by molar-refractivity contribution is 6.00. The van der Waals surface area contributed by atoms with Crippen molar-refractivity contribution in [2.24, 2.45) is 5.41 Å². The third-order valence-corrected chi connectivity index (χ3v) is 6.02. The lowest BCUT2D eigenvalue weighted by Gasteiger charge is -2.41. The van der Waals surface area contributed by atoms with Crippen LogP contribution in [0.15, 0.2) is 30.5 Å². The highest BCUT2D eigenvalue weighted by Gasteiger charge is 2.50. The van der Waals surface area contributed by atoms with Gasteiger partial charge in [0.05, 0.1) is 22.9 Å². The molecule has 1 aromatic heterocycles. The van der Waals surface area contributed by atoms with Gasteiger partial charge in [0.15, 0.2) is 0 Å². The molecule has 1 aromatic carbocycles. The molecule has 7 heteroatoms. The molecule has 0 aliphatic carbocycles. The number of benzene rings is 1. The van der Waals surface area contributed by atoms with Crippen molar-refractivity contribution in [3.63, 3.8) is 0 Å². The molecule has 1 unspecified atom stereocenters. The Morgan fingerprint density at radius 3 is 2.86 bits per heavy atom. The summed E-state index contributed by atoms with van der Waals surface area (Å²) in [5, 5.41) is 6.82. The minimum atomic E-state index is -0.471. The Balaban J connectivity index is 1.57. The van der Waals surface area contributed by atoms with E-state index in [2.05, 4.69) is 10.2 Å². The van der Waals surface area contributed by atoms with Crippen LogP contribution in [0.1, 0.15) is 43.5 Å². The van der Waals surface area contributed by atoms with Gasteiger partial charge in [0, 0.05) is 31.2 Å². The first-order valence-electron chi connectivity index (χ1n) is 9.81. The lowest BCUT2D eigenvalue weighted by atomic mass is 9.78. The maximum Gasteiger partial charge on any atom is 0.257 e. The van der Waals surface area contributed by atoms with Crippen molar-refractivity contribution in [3.8, 4) is 11.3 Å². The van der Waals surface area contributed by atoms with Gasteiger partial charge in [-0.1, -0.05) is 12.1 Å². The topological polar surface area (TPSA) is 69.3 Å². The molecule has 0 saturated carbocycles. The zero-order valence-corrected chi connectivity index (χ0v) is 16.2. The first kappa shape index (κ1) is 18.7. The number of aromatic nitrogens is 2. The number of hydrogen-bond donors (Lipinski definition) is 1. The number of carbonyl (C=O) groups excluding carboxylic acids is 2. The lowest BCUT2D eigenvalue weighted by molar-refractivity contribution is -0.147. The molecule has 2 aliphatic heterocycles. The fourth-order valence-corrected chi connectivity index (χ4v) is 4.50. The molecule has 1 atom stereocenters. The SMILES string of the molecule is CC(C)N1CCCC2(CCN(C(=O)c3cn[nH]c3-c3cccc(F)c3)C2)C1=O. The van der Waals surface area contributed by atoms with Crippen LogP contribution in [0.4, 0.5) is 4.39 Å². The van der Waals surface area contributed by atoms with Crippen molar-refractivity contribution in [1.29, 1.82) is 0 Å². The minimum absolute atomic E-state index is 0.167. The van der Waals surface area contributed by atoms with Crippen LogP contribution in [-0.4, -0.2) is 57.5 Å². The summed E-state index contributed by atoms with van der Waals surface area (Å²) in [6.07, 6.45) is 3.96. The molecule has 148 valence electrons. The van der Waals surface area contributed by atoms with Crippen molar-refractivity contribution < 1.29 is 14.0 Å². The molecule has 2 aliphatic rings. The molecule has 2 aromatic rings. The second kappa shape index (κ2) is 7.04. The van der Waals surface area contributed by atoms with Crippen molar-refractivity contribution in [2.45, 2.75) is 39.2 Å². The van der Waals surface area contributed by atoms with Crippen LogP contribution in [0.5, 0.6) is 0 Å². The number of halogens is 1. The Bertz CT molecular complexity index is 909. The zero-order valence-electron chi connectivity index (χ0n) is 16.2. The second-order valence-electron chi connectivity index (χ2n) is 8.12. The number of rotatable bonds is 3. The van der Waals surface area contributed by atoms with E-state index >= 15 is 0 Å². The van der Waals surface area contributed by atoms with Gasteiger partial charge in [0.1, 0.15) is 5.82 Å². The van der Waals surface area contributed by atoms with E-state index in [1.54, 1.807) is 17.0 Å². The molecule has 1 spiro atoms. The van der Waals surface area contributed by atoms with E-state index in [1.807, 2.05) is 18.7 Å². The van der Waals surface area contributed by atoms with Gasteiger partial charge in [-0.3, -0.25) is 14.7 Å². The van der Waals surface area contributed by atoms with Crippen molar-refractivity contribution in [2.75, 3.05) is 19.6 Å². The first-order chi connectivity index (χ1) is 13.4. The molecular weight excluding hydrogens is 359 g/mol. The van der Waals surface area contributed by atoms with Crippen LogP contribution >= 0.6 is 0 Å². The number of carbonyl (C=O) groups is 2. The summed E-state index contributed by atoms with van der Waals surface area (Å²) in [5.41, 5.74) is 1.02. The molecule has 4 rings (SSSR count). The van der Waals surface area contributed by atoms with Crippen LogP contribution in [0.25, 0.3) is 11.3 Å². The molecule has 0 radical (unpaired) electrons. The van der Waals surface area contributed by atoms with Gasteiger partial charge in [-0.15, -0.1) is 0 Å². The lowest BCUT2D eigenvalue weighted by Crippen LogP contribution is -2.52. The van der Waals surface area contributed by atoms with Gasteiger partial charge in [-0.05, 0) is 45.2 Å². The maximum absolute atomic E-state index is 13.6. The molecule has 2 fully saturated rings. The summed E-state index contributed by atoms with van der Waals surface area (Å²) < 4.78 is 13.6. The number of aromatic amines is 1. The summed E-state index contributed by atoms with van der Waals surface area (Å²) in [4.78, 5) is 30.0. The number of piperidine rings is 1. The first-order valence-corrected chi connectivity index (χ1v) is 9.81. The average molecular weight is 384 g/mol. The quantitative estimate of drug-likeness (QED) is 0.884. The number of likely N-dealkylation sites (tertiary alicyclic amines) is 2. The fourth-order valence-electron chi connectivity index (χ4n) is 4.50. The minimum Gasteiger partial charge on any atom is -0.340 e. The molecule has 1 N–H and O–H groups in total. The normalized spacial score (nSPS) is 22.5. The zero-order chi connectivity index (χ0) is 19.9. The Labute approximate surface area is 163 Å². The second-order valence-corrected chi connectivity index (χ2v) is 8.12. The number of nitrogens with one attached hydrogen (secondary N) is 1. The molecule has 6 nitrogen and oxygen atoms in total. The third kappa shape index (κ3) is 3.08. The van der Waals surface area contributed by atoms with E-state index in [0.29, 0.717) is 36.3 Å². The number of hydrogen-bond acceptors (Lipinski definition) is 3. The molecule has 2 saturated heterocycles. The molecular formula is C21H25FN4O2. The van der Waals surface area contributed by atoms with Gasteiger partial charge in [-0.2, -0.15) is 5.10 Å². The van der Waals surface area contributed by atoms with E-state index in [0.717, 1.165) is 19.4 Å². The van der Waals surface area contributed by atoms with Crippen LogP contribution in [-0.2, 0) is 4.79 Å². The summed E-state index contributed by atoms with van der Waals surface area (Å²) in [6.45, 7) is 5.83. The monoisotopic (exact) mass is 384 g/mol. The molecule has 0 bridgehead atoms. The predicted molar refractivity (Wildman–Crippen MR) is 103 cm³/mol. The Kier molecular flexibility index (Phi) is 4.69. The van der Waals surface area contributed by atoms with Crippen LogP contribution in [0.2, 0.25) is 0 Å². The van der Waals surface area contributed by atoms with Gasteiger partial charge >= 0.3 is 0 Å². The van der Waals surface area contributed by atoms with Crippen molar-refractivity contribution in [3.05, 3.63) is 41.8 Å². The van der Waals surface area contributed by atoms with E-state index in [-0.39, 0.29) is 23.7 Å². The summed E-state index contributed by atoms with van der Waals surface area (Å²) >= 11 is 0. The van der Waals surface area contributed by atoms with Gasteiger partial charge in [-0.25, -0.2) is 4.39 Å². The van der Waals surface area contributed by atoms with Crippen LogP contribution < -0.4 is 0 Å². The summed E-state index contributed by atoms with van der Waals surface area (Å²) in [5.74, 6) is -0.367.